The van der Waals surface area contributed by atoms with Gasteiger partial charge in [0.2, 0.25) is 0 Å². The normalized spacial score (nSPS) is 28.5. The molecular weight excluding hydrogens is 338 g/mol. The predicted molar refractivity (Wildman–Crippen MR) is 97.5 cm³/mol. The van der Waals surface area contributed by atoms with Gasteiger partial charge in [0, 0.05) is 13.1 Å². The van der Waals surface area contributed by atoms with Crippen LogP contribution in [0.15, 0.2) is 30.3 Å². The first-order chi connectivity index (χ1) is 12.4. The Balaban J connectivity index is 1.74. The van der Waals surface area contributed by atoms with E-state index >= 15 is 0 Å². The highest BCUT2D eigenvalue weighted by Crippen LogP contribution is 2.19. The van der Waals surface area contributed by atoms with E-state index in [9.17, 15) is 25.5 Å². The Kier molecular flexibility index (Phi) is 8.17. The third kappa shape index (κ3) is 5.85. The molecule has 1 saturated heterocycles. The van der Waals surface area contributed by atoms with Crippen LogP contribution in [0.25, 0.3) is 6.08 Å². The molecule has 1 fully saturated rings. The minimum absolute atomic E-state index is 0.0633. The largest absolute Gasteiger partial charge is 0.395 e. The Morgan fingerprint density at radius 1 is 1.19 bits per heavy atom. The smallest absolute Gasteiger partial charge is 0.109 e. The lowest BCUT2D eigenvalue weighted by Gasteiger charge is -2.43. The van der Waals surface area contributed by atoms with E-state index in [2.05, 4.69) is 0 Å². The van der Waals surface area contributed by atoms with Crippen molar-refractivity contribution in [1.82, 2.24) is 4.90 Å². The summed E-state index contributed by atoms with van der Waals surface area (Å²) in [6.45, 7) is 2.26. The fourth-order valence-electron chi connectivity index (χ4n) is 3.05. The van der Waals surface area contributed by atoms with Crippen molar-refractivity contribution in [2.75, 3.05) is 32.9 Å². The van der Waals surface area contributed by atoms with E-state index in [4.69, 9.17) is 4.74 Å². The van der Waals surface area contributed by atoms with Crippen LogP contribution in [-0.2, 0) is 4.74 Å². The van der Waals surface area contributed by atoms with Crippen LogP contribution in [0, 0.1) is 6.92 Å². The van der Waals surface area contributed by atoms with Gasteiger partial charge in [-0.3, -0.25) is 4.90 Å². The first-order valence-electron chi connectivity index (χ1n) is 8.80. The average Bonchev–Trinajstić information content (AvgIpc) is 2.61. The summed E-state index contributed by atoms with van der Waals surface area (Å²) >= 11 is 0. The number of aliphatic hydroxyl groups is 5. The quantitative estimate of drug-likeness (QED) is 0.380. The van der Waals surface area contributed by atoms with E-state index in [1.54, 1.807) is 4.90 Å². The van der Waals surface area contributed by atoms with Gasteiger partial charge < -0.3 is 30.3 Å². The maximum absolute atomic E-state index is 10.1. The predicted octanol–water partition coefficient (Wildman–Crippen LogP) is -0.855. The molecule has 1 aliphatic rings. The van der Waals surface area contributed by atoms with E-state index in [1.165, 1.54) is 5.56 Å². The van der Waals surface area contributed by atoms with Crippen LogP contribution in [0.1, 0.15) is 11.1 Å². The van der Waals surface area contributed by atoms with E-state index in [1.807, 2.05) is 43.3 Å². The van der Waals surface area contributed by atoms with Crippen molar-refractivity contribution in [2.45, 2.75) is 37.4 Å². The molecule has 2 rings (SSSR count). The van der Waals surface area contributed by atoms with Crippen LogP contribution in [0.2, 0.25) is 0 Å². The van der Waals surface area contributed by atoms with Crippen LogP contribution >= 0.6 is 0 Å². The number of piperidine rings is 1. The number of hydrogen-bond donors (Lipinski definition) is 5. The third-order valence-electron chi connectivity index (χ3n) is 4.57. The Morgan fingerprint density at radius 3 is 2.54 bits per heavy atom. The summed E-state index contributed by atoms with van der Waals surface area (Å²) in [5.41, 5.74) is 2.27. The first kappa shape index (κ1) is 21.0. The maximum atomic E-state index is 10.1. The summed E-state index contributed by atoms with van der Waals surface area (Å²) in [5, 5.41) is 48.9. The van der Waals surface area contributed by atoms with Crippen LogP contribution in [-0.4, -0.2) is 93.8 Å². The zero-order chi connectivity index (χ0) is 19.1. The number of aliphatic hydroxyl groups excluding tert-OH is 5. The van der Waals surface area contributed by atoms with Gasteiger partial charge in [0.25, 0.3) is 0 Å². The van der Waals surface area contributed by atoms with E-state index < -0.39 is 30.5 Å². The molecule has 0 aromatic heterocycles. The second-order valence-corrected chi connectivity index (χ2v) is 6.76. The van der Waals surface area contributed by atoms with E-state index in [0.29, 0.717) is 6.61 Å². The Bertz CT molecular complexity index is 564. The highest BCUT2D eigenvalue weighted by molar-refractivity contribution is 5.49. The molecule has 5 N–H and O–H groups in total. The summed E-state index contributed by atoms with van der Waals surface area (Å²) in [5.74, 6) is 0. The second kappa shape index (κ2) is 10.1. The van der Waals surface area contributed by atoms with Crippen molar-refractivity contribution in [2.24, 2.45) is 0 Å². The molecular formula is C19H29NO6. The van der Waals surface area contributed by atoms with Gasteiger partial charge in [-0.25, -0.2) is 0 Å². The van der Waals surface area contributed by atoms with Crippen molar-refractivity contribution in [3.8, 4) is 0 Å². The van der Waals surface area contributed by atoms with E-state index in [0.717, 1.165) is 5.56 Å². The van der Waals surface area contributed by atoms with Crippen LogP contribution in [0.4, 0.5) is 0 Å². The summed E-state index contributed by atoms with van der Waals surface area (Å²) in [6.07, 6.45) is -0.742. The van der Waals surface area contributed by atoms with Gasteiger partial charge >= 0.3 is 0 Å². The molecule has 0 saturated carbocycles. The minimum Gasteiger partial charge on any atom is -0.395 e. The molecule has 0 spiro atoms. The number of hydrogen-bond acceptors (Lipinski definition) is 7. The molecule has 1 aliphatic heterocycles. The van der Waals surface area contributed by atoms with Gasteiger partial charge in [-0.15, -0.1) is 0 Å². The molecule has 0 aliphatic carbocycles. The SMILES string of the molecule is Cc1ccc(/C=C/COCC(O)CN2C[C@H](O)[C@@H](O)[C@H](O)[C@H]2CO)cc1. The molecule has 5 atom stereocenters. The molecule has 7 heteroatoms. The average molecular weight is 367 g/mol. The lowest BCUT2D eigenvalue weighted by Crippen LogP contribution is -2.63. The number of likely N-dealkylation sites (tertiary alicyclic amines) is 1. The molecule has 1 unspecified atom stereocenters. The van der Waals surface area contributed by atoms with Crippen LogP contribution < -0.4 is 0 Å². The number of rotatable bonds is 8. The summed E-state index contributed by atoms with van der Waals surface area (Å²) in [7, 11) is 0. The van der Waals surface area contributed by atoms with Crippen molar-refractivity contribution in [3.63, 3.8) is 0 Å². The number of nitrogens with zero attached hydrogens (tertiary/aromatic N) is 1. The topological polar surface area (TPSA) is 114 Å². The van der Waals surface area contributed by atoms with Gasteiger partial charge in [0.05, 0.1) is 38.1 Å². The monoisotopic (exact) mass is 367 g/mol. The zero-order valence-corrected chi connectivity index (χ0v) is 15.0. The van der Waals surface area contributed by atoms with Crippen molar-refractivity contribution in [1.29, 1.82) is 0 Å². The van der Waals surface area contributed by atoms with Gasteiger partial charge in [-0.1, -0.05) is 42.0 Å². The molecule has 0 amide bonds. The molecule has 1 aromatic carbocycles. The molecule has 7 nitrogen and oxygen atoms in total. The lowest BCUT2D eigenvalue weighted by molar-refractivity contribution is -0.151. The van der Waals surface area contributed by atoms with Gasteiger partial charge in [0.15, 0.2) is 0 Å². The number of aryl methyl sites for hydroxylation is 1. The molecule has 0 radical (unpaired) electrons. The molecule has 0 bridgehead atoms. The van der Waals surface area contributed by atoms with Gasteiger partial charge in [0.1, 0.15) is 12.2 Å². The highest BCUT2D eigenvalue weighted by atomic mass is 16.5. The highest BCUT2D eigenvalue weighted by Gasteiger charge is 2.41. The summed E-state index contributed by atoms with van der Waals surface area (Å²) in [6, 6.07) is 7.35. The Labute approximate surface area is 153 Å². The first-order valence-corrected chi connectivity index (χ1v) is 8.80. The molecule has 26 heavy (non-hydrogen) atoms. The number of ether oxygens (including phenoxy) is 1. The van der Waals surface area contributed by atoms with Crippen molar-refractivity contribution >= 4 is 6.08 Å². The Morgan fingerprint density at radius 2 is 1.88 bits per heavy atom. The van der Waals surface area contributed by atoms with Crippen molar-refractivity contribution in [3.05, 3.63) is 41.5 Å². The fourth-order valence-corrected chi connectivity index (χ4v) is 3.05. The minimum atomic E-state index is -1.30. The zero-order valence-electron chi connectivity index (χ0n) is 15.0. The van der Waals surface area contributed by atoms with Gasteiger partial charge in [-0.2, -0.15) is 0 Å². The van der Waals surface area contributed by atoms with Crippen LogP contribution in [0.5, 0.6) is 0 Å². The summed E-state index contributed by atoms with van der Waals surface area (Å²) in [4.78, 5) is 1.57. The van der Waals surface area contributed by atoms with Crippen molar-refractivity contribution < 1.29 is 30.3 Å². The third-order valence-corrected chi connectivity index (χ3v) is 4.57. The van der Waals surface area contributed by atoms with Crippen LogP contribution in [0.3, 0.4) is 0 Å². The second-order valence-electron chi connectivity index (χ2n) is 6.76. The fraction of sp³-hybridized carbons (Fsp3) is 0.579. The molecule has 1 heterocycles. The molecule has 1 aromatic rings. The van der Waals surface area contributed by atoms with Gasteiger partial charge in [-0.05, 0) is 12.5 Å². The number of β-amino-alcohol motifs (C(OH)–C–C–N with tert-alkyl or cyclic N) is 2. The standard InChI is InChI=1S/C19H29NO6/c1-13-4-6-14(7-5-13)3-2-8-26-12-15(22)9-20-10-17(23)19(25)18(24)16(20)11-21/h2-7,15-19,21-25H,8-12H2,1H3/b3-2+/t15?,16-,17+,18-,19-/m1/s1. The lowest BCUT2D eigenvalue weighted by atomic mass is 9.94. The molecule has 146 valence electrons. The number of benzene rings is 1. The van der Waals surface area contributed by atoms with E-state index in [-0.39, 0.29) is 26.3 Å². The summed E-state index contributed by atoms with van der Waals surface area (Å²) < 4.78 is 5.43. The maximum Gasteiger partial charge on any atom is 0.109 e. The Hall–Kier alpha value is -1.32.